The highest BCUT2D eigenvalue weighted by Gasteiger charge is 2.17. The number of ether oxygens (including phenoxy) is 1. The van der Waals surface area contributed by atoms with Gasteiger partial charge in [0.1, 0.15) is 5.75 Å². The van der Waals surface area contributed by atoms with E-state index in [9.17, 15) is 0 Å². The molecule has 2 rings (SSSR count). The third-order valence-corrected chi connectivity index (χ3v) is 3.51. The quantitative estimate of drug-likeness (QED) is 0.864. The highest BCUT2D eigenvalue weighted by atomic mass is 16.5. The number of hydrogen-bond donors (Lipinski definition) is 1. The molecule has 1 fully saturated rings. The zero-order chi connectivity index (χ0) is 12.1. The van der Waals surface area contributed by atoms with Crippen LogP contribution in [0.1, 0.15) is 18.4 Å². The van der Waals surface area contributed by atoms with E-state index in [0.717, 1.165) is 17.9 Å². The highest BCUT2D eigenvalue weighted by molar-refractivity contribution is 5.32. The predicted octanol–water partition coefficient (Wildman–Crippen LogP) is 1.87. The van der Waals surface area contributed by atoms with Gasteiger partial charge >= 0.3 is 0 Å². The van der Waals surface area contributed by atoms with E-state index < -0.39 is 0 Å². The molecule has 17 heavy (non-hydrogen) atoms. The minimum atomic E-state index is 0.545. The Balaban J connectivity index is 1.85. The first-order chi connectivity index (χ1) is 8.29. The molecule has 0 radical (unpaired) electrons. The molecule has 1 heterocycles. The fourth-order valence-corrected chi connectivity index (χ4v) is 2.25. The highest BCUT2D eigenvalue weighted by Crippen LogP contribution is 2.21. The van der Waals surface area contributed by atoms with Crippen LogP contribution >= 0.6 is 0 Å². The van der Waals surface area contributed by atoms with Gasteiger partial charge in [-0.15, -0.1) is 0 Å². The number of nitrogens with two attached hydrogens (primary N) is 1. The van der Waals surface area contributed by atoms with E-state index in [1.165, 1.54) is 25.9 Å². The molecule has 0 saturated carbocycles. The summed E-state index contributed by atoms with van der Waals surface area (Å²) in [7, 11) is 2.18. The van der Waals surface area contributed by atoms with E-state index in [2.05, 4.69) is 11.9 Å². The molecule has 2 N–H and O–H groups in total. The molecule has 0 aromatic heterocycles. The van der Waals surface area contributed by atoms with Crippen molar-refractivity contribution in [1.82, 2.24) is 4.90 Å². The van der Waals surface area contributed by atoms with Gasteiger partial charge in [-0.2, -0.15) is 0 Å². The van der Waals surface area contributed by atoms with Gasteiger partial charge in [0, 0.05) is 12.1 Å². The van der Waals surface area contributed by atoms with Gasteiger partial charge in [-0.05, 0) is 45.0 Å². The van der Waals surface area contributed by atoms with Crippen LogP contribution in [0, 0.1) is 5.92 Å². The van der Waals surface area contributed by atoms with Crippen LogP contribution in [0.4, 0.5) is 0 Å². The van der Waals surface area contributed by atoms with Crippen LogP contribution in [0.15, 0.2) is 24.3 Å². The van der Waals surface area contributed by atoms with Gasteiger partial charge in [-0.25, -0.2) is 0 Å². The molecule has 0 atom stereocenters. The Hall–Kier alpha value is -1.06. The summed E-state index contributed by atoms with van der Waals surface area (Å²) in [6, 6.07) is 8.05. The van der Waals surface area contributed by atoms with E-state index in [4.69, 9.17) is 10.5 Å². The third kappa shape index (κ3) is 3.45. The second-order valence-electron chi connectivity index (χ2n) is 4.87. The second kappa shape index (κ2) is 6.03. The Morgan fingerprint density at radius 2 is 2.00 bits per heavy atom. The Kier molecular flexibility index (Phi) is 4.40. The summed E-state index contributed by atoms with van der Waals surface area (Å²) in [4.78, 5) is 2.38. The van der Waals surface area contributed by atoms with E-state index in [0.29, 0.717) is 12.5 Å². The van der Waals surface area contributed by atoms with Crippen molar-refractivity contribution >= 4 is 0 Å². The van der Waals surface area contributed by atoms with Crippen LogP contribution in [-0.2, 0) is 6.54 Å². The molecular weight excluding hydrogens is 212 g/mol. The molecule has 3 nitrogen and oxygen atoms in total. The van der Waals surface area contributed by atoms with Gasteiger partial charge in [0.25, 0.3) is 0 Å². The first kappa shape index (κ1) is 12.4. The van der Waals surface area contributed by atoms with E-state index in [-0.39, 0.29) is 0 Å². The monoisotopic (exact) mass is 234 g/mol. The molecule has 0 aliphatic carbocycles. The molecule has 0 amide bonds. The van der Waals surface area contributed by atoms with Gasteiger partial charge in [0.05, 0.1) is 6.61 Å². The Labute approximate surface area is 104 Å². The fourth-order valence-electron chi connectivity index (χ4n) is 2.25. The van der Waals surface area contributed by atoms with Gasteiger partial charge in [0.15, 0.2) is 0 Å². The van der Waals surface area contributed by atoms with Crippen LogP contribution in [0.5, 0.6) is 5.75 Å². The van der Waals surface area contributed by atoms with Crippen LogP contribution in [0.25, 0.3) is 0 Å². The Morgan fingerprint density at radius 1 is 1.29 bits per heavy atom. The molecule has 1 aliphatic heterocycles. The number of piperidine rings is 1. The zero-order valence-electron chi connectivity index (χ0n) is 10.6. The lowest BCUT2D eigenvalue weighted by Gasteiger charge is -2.28. The fraction of sp³-hybridized carbons (Fsp3) is 0.571. The molecule has 94 valence electrons. The van der Waals surface area contributed by atoms with E-state index in [1.807, 2.05) is 24.3 Å². The molecular formula is C14H22N2O. The zero-order valence-corrected chi connectivity index (χ0v) is 10.6. The van der Waals surface area contributed by atoms with E-state index >= 15 is 0 Å². The average Bonchev–Trinajstić information content (AvgIpc) is 2.38. The number of rotatable bonds is 4. The van der Waals surface area contributed by atoms with Crippen molar-refractivity contribution < 1.29 is 4.74 Å². The maximum absolute atomic E-state index is 5.90. The molecule has 1 aromatic rings. The van der Waals surface area contributed by atoms with Crippen molar-refractivity contribution in [2.24, 2.45) is 11.7 Å². The summed E-state index contributed by atoms with van der Waals surface area (Å²) in [6.07, 6.45) is 2.47. The van der Waals surface area contributed by atoms with Crippen LogP contribution < -0.4 is 10.5 Å². The van der Waals surface area contributed by atoms with E-state index in [1.54, 1.807) is 0 Å². The number of likely N-dealkylation sites (tertiary alicyclic amines) is 1. The van der Waals surface area contributed by atoms with Crippen molar-refractivity contribution in [3.05, 3.63) is 29.8 Å². The largest absolute Gasteiger partial charge is 0.493 e. The van der Waals surface area contributed by atoms with Crippen molar-refractivity contribution in [3.8, 4) is 5.75 Å². The summed E-state index contributed by atoms with van der Waals surface area (Å²) in [5, 5.41) is 0. The molecule has 1 aliphatic rings. The summed E-state index contributed by atoms with van der Waals surface area (Å²) < 4.78 is 5.90. The average molecular weight is 234 g/mol. The van der Waals surface area contributed by atoms with Gasteiger partial charge in [-0.3, -0.25) is 0 Å². The van der Waals surface area contributed by atoms with Gasteiger partial charge in [-0.1, -0.05) is 18.2 Å². The van der Waals surface area contributed by atoms with Crippen LogP contribution in [0.2, 0.25) is 0 Å². The predicted molar refractivity (Wildman–Crippen MR) is 70.0 cm³/mol. The maximum Gasteiger partial charge on any atom is 0.123 e. The maximum atomic E-state index is 5.90. The number of benzene rings is 1. The number of hydrogen-bond acceptors (Lipinski definition) is 3. The van der Waals surface area contributed by atoms with Crippen LogP contribution in [-0.4, -0.2) is 31.6 Å². The van der Waals surface area contributed by atoms with Gasteiger partial charge in [0.2, 0.25) is 0 Å². The van der Waals surface area contributed by atoms with Crippen molar-refractivity contribution in [2.45, 2.75) is 19.4 Å². The summed E-state index contributed by atoms with van der Waals surface area (Å²) in [5.74, 6) is 1.64. The smallest absolute Gasteiger partial charge is 0.123 e. The second-order valence-corrected chi connectivity index (χ2v) is 4.87. The normalized spacial score (nSPS) is 18.2. The first-order valence-electron chi connectivity index (χ1n) is 6.39. The molecule has 0 unspecified atom stereocenters. The SMILES string of the molecule is CN1CCC(COc2ccccc2CN)CC1. The Bertz CT molecular complexity index is 346. The lowest BCUT2D eigenvalue weighted by Crippen LogP contribution is -2.32. The van der Waals surface area contributed by atoms with Gasteiger partial charge < -0.3 is 15.4 Å². The summed E-state index contributed by atoms with van der Waals surface area (Å²) in [6.45, 7) is 3.74. The molecule has 1 saturated heterocycles. The topological polar surface area (TPSA) is 38.5 Å². The molecule has 3 heteroatoms. The minimum Gasteiger partial charge on any atom is -0.493 e. The lowest BCUT2D eigenvalue weighted by atomic mass is 9.98. The standard InChI is InChI=1S/C14H22N2O/c1-16-8-6-12(7-9-16)11-17-14-5-3-2-4-13(14)10-15/h2-5,12H,6-11,15H2,1H3. The summed E-state index contributed by atoms with van der Waals surface area (Å²) in [5.41, 5.74) is 6.79. The molecule has 0 spiro atoms. The number of para-hydroxylation sites is 1. The number of nitrogens with zero attached hydrogens (tertiary/aromatic N) is 1. The van der Waals surface area contributed by atoms with Crippen molar-refractivity contribution in [3.63, 3.8) is 0 Å². The van der Waals surface area contributed by atoms with Crippen molar-refractivity contribution in [1.29, 1.82) is 0 Å². The summed E-state index contributed by atoms with van der Waals surface area (Å²) >= 11 is 0. The van der Waals surface area contributed by atoms with Crippen LogP contribution in [0.3, 0.4) is 0 Å². The van der Waals surface area contributed by atoms with Crippen molar-refractivity contribution in [2.75, 3.05) is 26.7 Å². The molecule has 1 aromatic carbocycles. The first-order valence-corrected chi connectivity index (χ1v) is 6.39. The Morgan fingerprint density at radius 3 is 2.71 bits per heavy atom. The molecule has 0 bridgehead atoms. The lowest BCUT2D eigenvalue weighted by molar-refractivity contribution is 0.159. The third-order valence-electron chi connectivity index (χ3n) is 3.51. The minimum absolute atomic E-state index is 0.545.